The Morgan fingerprint density at radius 3 is 2.03 bits per heavy atom. The summed E-state index contributed by atoms with van der Waals surface area (Å²) in [7, 11) is 1.41. The lowest BCUT2D eigenvalue weighted by atomic mass is 10.0. The fraction of sp³-hybridized carbons (Fsp3) is 0.345. The maximum atomic E-state index is 12.0. The van der Waals surface area contributed by atoms with Crippen molar-refractivity contribution < 1.29 is 9.53 Å². The van der Waals surface area contributed by atoms with E-state index < -0.39 is 0 Å². The third-order valence-electron chi connectivity index (χ3n) is 7.41. The van der Waals surface area contributed by atoms with Gasteiger partial charge >= 0.3 is 5.97 Å². The smallest absolute Gasteiger partial charge is 0.311 e. The summed E-state index contributed by atoms with van der Waals surface area (Å²) in [6, 6.07) is 17.4. The molecule has 0 unspecified atom stereocenters. The Balaban J connectivity index is 1.21. The lowest BCUT2D eigenvalue weighted by Crippen LogP contribution is -2.14. The zero-order valence-electron chi connectivity index (χ0n) is 21.0. The average molecular weight is 497 g/mol. The SMILES string of the molecule is COC(=O)Cc1[nH]c([C@@H]2CCCN2)nc1-c1ccc(-c2ccc(-c3cnc([C@H]4CCCN4)[nH]3)cc2)cc1. The molecule has 37 heavy (non-hydrogen) atoms. The van der Waals surface area contributed by atoms with Gasteiger partial charge in [0.15, 0.2) is 0 Å². The predicted molar refractivity (Wildman–Crippen MR) is 143 cm³/mol. The molecule has 2 fully saturated rings. The second-order valence-corrected chi connectivity index (χ2v) is 9.84. The van der Waals surface area contributed by atoms with Gasteiger partial charge in [-0.25, -0.2) is 9.97 Å². The van der Waals surface area contributed by atoms with Crippen LogP contribution in [-0.2, 0) is 16.0 Å². The van der Waals surface area contributed by atoms with E-state index in [1.54, 1.807) is 0 Å². The van der Waals surface area contributed by atoms with E-state index in [-0.39, 0.29) is 18.4 Å². The number of ether oxygens (including phenoxy) is 1. The Morgan fingerprint density at radius 2 is 1.43 bits per heavy atom. The van der Waals surface area contributed by atoms with Crippen LogP contribution in [0.3, 0.4) is 0 Å². The van der Waals surface area contributed by atoms with Crippen LogP contribution in [0.5, 0.6) is 0 Å². The molecule has 2 saturated heterocycles. The lowest BCUT2D eigenvalue weighted by molar-refractivity contribution is -0.139. The molecule has 8 heteroatoms. The van der Waals surface area contributed by atoms with E-state index in [1.165, 1.54) is 13.5 Å². The van der Waals surface area contributed by atoms with Crippen LogP contribution in [-0.4, -0.2) is 46.1 Å². The second-order valence-electron chi connectivity index (χ2n) is 9.84. The van der Waals surface area contributed by atoms with E-state index >= 15 is 0 Å². The number of benzene rings is 2. The van der Waals surface area contributed by atoms with Crippen LogP contribution in [0.25, 0.3) is 33.6 Å². The van der Waals surface area contributed by atoms with Gasteiger partial charge in [-0.15, -0.1) is 0 Å². The van der Waals surface area contributed by atoms with Crippen molar-refractivity contribution in [3.05, 3.63) is 72.1 Å². The van der Waals surface area contributed by atoms with Gasteiger partial charge in [0.2, 0.25) is 0 Å². The molecule has 190 valence electrons. The van der Waals surface area contributed by atoms with E-state index in [0.717, 1.165) is 83.3 Å². The van der Waals surface area contributed by atoms with Crippen LogP contribution in [0.4, 0.5) is 0 Å². The van der Waals surface area contributed by atoms with Crippen molar-refractivity contribution in [1.29, 1.82) is 0 Å². The highest BCUT2D eigenvalue weighted by Crippen LogP contribution is 2.31. The molecule has 4 N–H and O–H groups in total. The summed E-state index contributed by atoms with van der Waals surface area (Å²) in [5.74, 6) is 1.62. The number of hydrogen-bond donors (Lipinski definition) is 4. The maximum Gasteiger partial charge on any atom is 0.311 e. The van der Waals surface area contributed by atoms with Crippen LogP contribution in [0.2, 0.25) is 0 Å². The van der Waals surface area contributed by atoms with Gasteiger partial charge in [-0.05, 0) is 55.5 Å². The number of hydrogen-bond acceptors (Lipinski definition) is 6. The Morgan fingerprint density at radius 1 is 0.838 bits per heavy atom. The highest BCUT2D eigenvalue weighted by molar-refractivity contribution is 5.77. The molecule has 0 saturated carbocycles. The van der Waals surface area contributed by atoms with Crippen LogP contribution < -0.4 is 10.6 Å². The number of carbonyl (C=O) groups is 1. The number of aromatic amines is 2. The summed E-state index contributed by atoms with van der Waals surface area (Å²) in [5, 5.41) is 6.96. The van der Waals surface area contributed by atoms with E-state index in [9.17, 15) is 4.79 Å². The summed E-state index contributed by atoms with van der Waals surface area (Å²) in [4.78, 5) is 28.4. The van der Waals surface area contributed by atoms with Crippen molar-refractivity contribution in [1.82, 2.24) is 30.6 Å². The molecule has 4 heterocycles. The number of rotatable bonds is 7. The molecule has 2 aliphatic heterocycles. The lowest BCUT2D eigenvalue weighted by Gasteiger charge is -2.07. The quantitative estimate of drug-likeness (QED) is 0.276. The van der Waals surface area contributed by atoms with Gasteiger partial charge in [-0.2, -0.15) is 0 Å². The molecule has 2 atom stereocenters. The number of H-pyrrole nitrogens is 2. The molecular formula is C29H32N6O2. The van der Waals surface area contributed by atoms with Gasteiger partial charge < -0.3 is 25.3 Å². The number of esters is 1. The molecule has 0 radical (unpaired) electrons. The van der Waals surface area contributed by atoms with Crippen molar-refractivity contribution in [2.24, 2.45) is 0 Å². The van der Waals surface area contributed by atoms with E-state index in [2.05, 4.69) is 74.1 Å². The number of imidazole rings is 2. The molecule has 4 aromatic rings. The van der Waals surface area contributed by atoms with Crippen molar-refractivity contribution in [3.63, 3.8) is 0 Å². The Hall–Kier alpha value is -3.75. The van der Waals surface area contributed by atoms with Crippen molar-refractivity contribution in [2.75, 3.05) is 20.2 Å². The minimum Gasteiger partial charge on any atom is -0.469 e. The highest BCUT2D eigenvalue weighted by Gasteiger charge is 2.23. The van der Waals surface area contributed by atoms with Gasteiger partial charge in [-0.1, -0.05) is 48.5 Å². The maximum absolute atomic E-state index is 12.0. The molecule has 0 spiro atoms. The third-order valence-corrected chi connectivity index (χ3v) is 7.41. The second kappa shape index (κ2) is 10.3. The predicted octanol–water partition coefficient (Wildman–Crippen LogP) is 4.70. The highest BCUT2D eigenvalue weighted by atomic mass is 16.5. The molecule has 2 aromatic carbocycles. The Kier molecular flexibility index (Phi) is 6.59. The topological polar surface area (TPSA) is 108 Å². The largest absolute Gasteiger partial charge is 0.469 e. The van der Waals surface area contributed by atoms with E-state index in [0.29, 0.717) is 6.04 Å². The average Bonchev–Trinajstić information content (AvgIpc) is 3.75. The summed E-state index contributed by atoms with van der Waals surface area (Å²) in [6.07, 6.45) is 6.57. The third kappa shape index (κ3) is 4.95. The van der Waals surface area contributed by atoms with Crippen LogP contribution in [0.1, 0.15) is 55.1 Å². The zero-order valence-corrected chi connectivity index (χ0v) is 21.0. The van der Waals surface area contributed by atoms with Crippen LogP contribution in [0.15, 0.2) is 54.7 Å². The molecular weight excluding hydrogens is 464 g/mol. The fourth-order valence-corrected chi connectivity index (χ4v) is 5.34. The van der Waals surface area contributed by atoms with Gasteiger partial charge in [-0.3, -0.25) is 4.79 Å². The van der Waals surface area contributed by atoms with Gasteiger partial charge in [0, 0.05) is 5.56 Å². The van der Waals surface area contributed by atoms with Crippen molar-refractivity contribution in [2.45, 2.75) is 44.2 Å². The Bertz CT molecular complexity index is 1360. The Labute approximate surface area is 216 Å². The fourth-order valence-electron chi connectivity index (χ4n) is 5.34. The van der Waals surface area contributed by atoms with Gasteiger partial charge in [0.05, 0.1) is 48.9 Å². The molecule has 0 bridgehead atoms. The minimum atomic E-state index is -0.281. The molecule has 2 aliphatic rings. The van der Waals surface area contributed by atoms with Crippen LogP contribution >= 0.6 is 0 Å². The molecule has 6 rings (SSSR count). The standard InChI is InChI=1S/C29H32N6O2/c1-37-26(36)16-24-27(35-29(33-24)23-5-3-15-31-23)21-12-8-19(9-13-21)18-6-10-20(11-7-18)25-17-32-28(34-25)22-4-2-14-30-22/h6-13,17,22-23,30-31H,2-5,14-16H2,1H3,(H,32,34)(H,33,35)/t22-,23+/m1/s1. The number of nitrogens with one attached hydrogen (secondary N) is 4. The van der Waals surface area contributed by atoms with Crippen molar-refractivity contribution in [3.8, 4) is 33.6 Å². The van der Waals surface area contributed by atoms with Gasteiger partial charge in [0.1, 0.15) is 11.6 Å². The molecule has 0 amide bonds. The summed E-state index contributed by atoms with van der Waals surface area (Å²) >= 11 is 0. The van der Waals surface area contributed by atoms with Gasteiger partial charge in [0.25, 0.3) is 0 Å². The first-order chi connectivity index (χ1) is 18.2. The molecule has 8 nitrogen and oxygen atoms in total. The summed E-state index contributed by atoms with van der Waals surface area (Å²) in [5.41, 5.74) is 7.00. The first-order valence-corrected chi connectivity index (χ1v) is 13.1. The summed E-state index contributed by atoms with van der Waals surface area (Å²) in [6.45, 7) is 2.04. The van der Waals surface area contributed by atoms with Crippen molar-refractivity contribution >= 4 is 5.97 Å². The number of methoxy groups -OCH3 is 1. The van der Waals surface area contributed by atoms with E-state index in [4.69, 9.17) is 9.72 Å². The summed E-state index contributed by atoms with van der Waals surface area (Å²) < 4.78 is 4.91. The number of aromatic nitrogens is 4. The number of carbonyl (C=O) groups excluding carboxylic acids is 1. The molecule has 0 aliphatic carbocycles. The zero-order chi connectivity index (χ0) is 25.2. The minimum absolute atomic E-state index is 0.168. The van der Waals surface area contributed by atoms with Crippen LogP contribution in [0, 0.1) is 0 Å². The first kappa shape index (κ1) is 23.6. The first-order valence-electron chi connectivity index (χ1n) is 13.1. The van der Waals surface area contributed by atoms with E-state index in [1.807, 2.05) is 6.20 Å². The molecule has 2 aromatic heterocycles. The number of nitrogens with zero attached hydrogens (tertiary/aromatic N) is 2. The monoisotopic (exact) mass is 496 g/mol. The normalized spacial score (nSPS) is 19.4.